The summed E-state index contributed by atoms with van der Waals surface area (Å²) < 4.78 is 1.52. The molecule has 2 aromatic heterocycles. The van der Waals surface area contributed by atoms with Gasteiger partial charge in [-0.25, -0.2) is 9.50 Å². The van der Waals surface area contributed by atoms with Crippen LogP contribution in [0.5, 0.6) is 5.75 Å². The van der Waals surface area contributed by atoms with Crippen LogP contribution >= 0.6 is 0 Å². The third-order valence-electron chi connectivity index (χ3n) is 2.67. The topological polar surface area (TPSA) is 67.5 Å². The van der Waals surface area contributed by atoms with E-state index in [0.717, 1.165) is 5.56 Å². The van der Waals surface area contributed by atoms with Crippen LogP contribution in [0.25, 0.3) is 16.8 Å². The van der Waals surface area contributed by atoms with Crippen LogP contribution in [0.3, 0.4) is 0 Å². The van der Waals surface area contributed by atoms with Crippen LogP contribution in [0.4, 0.5) is 0 Å². The van der Waals surface area contributed by atoms with E-state index in [1.165, 1.54) is 4.52 Å². The lowest BCUT2D eigenvalue weighted by Gasteiger charge is -2.03. The minimum Gasteiger partial charge on any atom is -0.507 e. The van der Waals surface area contributed by atoms with Gasteiger partial charge >= 0.3 is 0 Å². The van der Waals surface area contributed by atoms with Gasteiger partial charge in [-0.2, -0.15) is 5.10 Å². The smallest absolute Gasteiger partial charge is 0.170 e. The van der Waals surface area contributed by atoms with Gasteiger partial charge in [0, 0.05) is 29.6 Å². The molecule has 0 amide bonds. The predicted molar refractivity (Wildman–Crippen MR) is 65.5 cm³/mol. The SMILES string of the molecule is O=Cc1cc2ncc(-c3ccccc3O)cn2n1. The minimum absolute atomic E-state index is 0.182. The second-order valence-electron chi connectivity index (χ2n) is 3.85. The Balaban J connectivity index is 2.19. The van der Waals surface area contributed by atoms with Crippen molar-refractivity contribution >= 4 is 11.9 Å². The molecule has 0 aliphatic carbocycles. The highest BCUT2D eigenvalue weighted by atomic mass is 16.3. The zero-order valence-corrected chi connectivity index (χ0v) is 9.32. The molecule has 3 rings (SSSR count). The van der Waals surface area contributed by atoms with Gasteiger partial charge in [-0.05, 0) is 6.07 Å². The summed E-state index contributed by atoms with van der Waals surface area (Å²) in [5, 5.41) is 13.8. The first kappa shape index (κ1) is 10.5. The Morgan fingerprint density at radius 1 is 1.28 bits per heavy atom. The molecule has 0 bridgehead atoms. The van der Waals surface area contributed by atoms with Crippen LogP contribution in [0, 0.1) is 0 Å². The summed E-state index contributed by atoms with van der Waals surface area (Å²) in [7, 11) is 0. The Morgan fingerprint density at radius 3 is 2.89 bits per heavy atom. The van der Waals surface area contributed by atoms with Crippen LogP contribution < -0.4 is 0 Å². The van der Waals surface area contributed by atoms with Gasteiger partial charge in [0.2, 0.25) is 0 Å². The molecule has 0 unspecified atom stereocenters. The molecule has 18 heavy (non-hydrogen) atoms. The molecule has 0 spiro atoms. The van der Waals surface area contributed by atoms with Gasteiger partial charge in [0.1, 0.15) is 11.4 Å². The maximum Gasteiger partial charge on any atom is 0.170 e. The lowest BCUT2D eigenvalue weighted by atomic mass is 10.1. The van der Waals surface area contributed by atoms with E-state index in [1.807, 2.05) is 6.07 Å². The number of aldehydes is 1. The third kappa shape index (κ3) is 1.62. The van der Waals surface area contributed by atoms with Gasteiger partial charge in [0.15, 0.2) is 11.9 Å². The molecule has 5 heteroatoms. The number of rotatable bonds is 2. The van der Waals surface area contributed by atoms with Crippen LogP contribution in [0.15, 0.2) is 42.7 Å². The quantitative estimate of drug-likeness (QED) is 0.694. The molecule has 1 N–H and O–H groups in total. The molecule has 3 aromatic rings. The largest absolute Gasteiger partial charge is 0.507 e. The van der Waals surface area contributed by atoms with Gasteiger partial charge in [-0.3, -0.25) is 4.79 Å². The maximum atomic E-state index is 10.6. The van der Waals surface area contributed by atoms with Crippen LogP contribution in [0.2, 0.25) is 0 Å². The molecular weight excluding hydrogens is 230 g/mol. The van der Waals surface area contributed by atoms with E-state index >= 15 is 0 Å². The Labute approximate surface area is 102 Å². The summed E-state index contributed by atoms with van der Waals surface area (Å²) in [6.45, 7) is 0. The Morgan fingerprint density at radius 2 is 2.11 bits per heavy atom. The number of hydrogen-bond donors (Lipinski definition) is 1. The second-order valence-corrected chi connectivity index (χ2v) is 3.85. The summed E-state index contributed by atoms with van der Waals surface area (Å²) in [5.41, 5.74) is 2.34. The molecule has 0 saturated heterocycles. The van der Waals surface area contributed by atoms with E-state index in [0.29, 0.717) is 23.2 Å². The maximum absolute atomic E-state index is 10.6. The number of phenolic OH excluding ortho intramolecular Hbond substituents is 1. The van der Waals surface area contributed by atoms with Crippen molar-refractivity contribution in [2.75, 3.05) is 0 Å². The number of nitrogens with zero attached hydrogens (tertiary/aromatic N) is 3. The fourth-order valence-corrected chi connectivity index (χ4v) is 1.81. The molecule has 0 aliphatic heterocycles. The first-order valence-corrected chi connectivity index (χ1v) is 5.37. The average Bonchev–Trinajstić information content (AvgIpc) is 2.81. The van der Waals surface area contributed by atoms with Crippen LogP contribution in [0.1, 0.15) is 10.5 Å². The molecule has 0 atom stereocenters. The lowest BCUT2D eigenvalue weighted by molar-refractivity contribution is 0.111. The molecule has 2 heterocycles. The van der Waals surface area contributed by atoms with Crippen molar-refractivity contribution < 1.29 is 9.90 Å². The molecule has 0 fully saturated rings. The van der Waals surface area contributed by atoms with E-state index in [2.05, 4.69) is 10.1 Å². The highest BCUT2D eigenvalue weighted by Gasteiger charge is 2.07. The number of aromatic nitrogens is 3. The van der Waals surface area contributed by atoms with Crippen molar-refractivity contribution in [2.24, 2.45) is 0 Å². The van der Waals surface area contributed by atoms with Crippen molar-refractivity contribution in [1.29, 1.82) is 0 Å². The van der Waals surface area contributed by atoms with Gasteiger partial charge < -0.3 is 5.11 Å². The van der Waals surface area contributed by atoms with Crippen molar-refractivity contribution in [3.8, 4) is 16.9 Å². The second kappa shape index (κ2) is 3.96. The first-order valence-electron chi connectivity index (χ1n) is 5.37. The van der Waals surface area contributed by atoms with Crippen molar-refractivity contribution in [3.05, 3.63) is 48.4 Å². The number of benzene rings is 1. The van der Waals surface area contributed by atoms with E-state index in [-0.39, 0.29) is 5.75 Å². The van der Waals surface area contributed by atoms with Gasteiger partial charge in [-0.15, -0.1) is 0 Å². The molecular formula is C13H9N3O2. The van der Waals surface area contributed by atoms with E-state index in [9.17, 15) is 9.90 Å². The van der Waals surface area contributed by atoms with Crippen molar-refractivity contribution in [2.45, 2.75) is 0 Å². The number of fused-ring (bicyclic) bond motifs is 1. The number of aromatic hydroxyl groups is 1. The minimum atomic E-state index is 0.182. The lowest BCUT2D eigenvalue weighted by Crippen LogP contribution is -1.92. The van der Waals surface area contributed by atoms with Crippen LogP contribution in [-0.2, 0) is 0 Å². The van der Waals surface area contributed by atoms with Crippen LogP contribution in [-0.4, -0.2) is 26.0 Å². The summed E-state index contributed by atoms with van der Waals surface area (Å²) in [6, 6.07) is 8.59. The van der Waals surface area contributed by atoms with E-state index in [1.54, 1.807) is 36.7 Å². The Bertz CT molecular complexity index is 734. The summed E-state index contributed by atoms with van der Waals surface area (Å²) in [4.78, 5) is 14.8. The summed E-state index contributed by atoms with van der Waals surface area (Å²) in [5.74, 6) is 0.182. The van der Waals surface area contributed by atoms with E-state index < -0.39 is 0 Å². The highest BCUT2D eigenvalue weighted by Crippen LogP contribution is 2.27. The molecule has 1 aromatic carbocycles. The highest BCUT2D eigenvalue weighted by molar-refractivity contribution is 5.75. The fraction of sp³-hybridized carbons (Fsp3) is 0. The Hall–Kier alpha value is -2.69. The first-order chi connectivity index (χ1) is 8.78. The molecule has 0 radical (unpaired) electrons. The number of carbonyl (C=O) groups excluding carboxylic acids is 1. The standard InChI is InChI=1S/C13H9N3O2/c17-8-10-5-13-14-6-9(7-16(13)15-10)11-3-1-2-4-12(11)18/h1-8,18H. The predicted octanol–water partition coefficient (Wildman–Crippen LogP) is 1.91. The molecule has 5 nitrogen and oxygen atoms in total. The van der Waals surface area contributed by atoms with Crippen molar-refractivity contribution in [1.82, 2.24) is 14.6 Å². The summed E-state index contributed by atoms with van der Waals surface area (Å²) in [6.07, 6.45) is 4.04. The average molecular weight is 239 g/mol. The number of para-hydroxylation sites is 1. The zero-order chi connectivity index (χ0) is 12.5. The summed E-state index contributed by atoms with van der Waals surface area (Å²) >= 11 is 0. The number of hydrogen-bond acceptors (Lipinski definition) is 4. The fourth-order valence-electron chi connectivity index (χ4n) is 1.81. The Kier molecular flexibility index (Phi) is 2.30. The zero-order valence-electron chi connectivity index (χ0n) is 9.32. The molecule has 88 valence electrons. The monoisotopic (exact) mass is 239 g/mol. The third-order valence-corrected chi connectivity index (χ3v) is 2.67. The van der Waals surface area contributed by atoms with Gasteiger partial charge in [0.05, 0.1) is 0 Å². The molecule has 0 aliphatic rings. The van der Waals surface area contributed by atoms with Crippen molar-refractivity contribution in [3.63, 3.8) is 0 Å². The van der Waals surface area contributed by atoms with Gasteiger partial charge in [0.25, 0.3) is 0 Å². The molecule has 0 saturated carbocycles. The van der Waals surface area contributed by atoms with Gasteiger partial charge in [-0.1, -0.05) is 18.2 Å². The normalized spacial score (nSPS) is 10.7. The number of phenols is 1. The van der Waals surface area contributed by atoms with E-state index in [4.69, 9.17) is 0 Å². The number of carbonyl (C=O) groups is 1.